The monoisotopic (exact) mass is 113 g/mol. The van der Waals surface area contributed by atoms with Crippen molar-refractivity contribution >= 4 is 6.03 Å². The zero-order chi connectivity index (χ0) is 5.98. The molecule has 1 aliphatic rings. The summed E-state index contributed by atoms with van der Waals surface area (Å²) in [6.45, 7) is 1.58. The molecule has 0 aromatic carbocycles. The Kier molecular flexibility index (Phi) is 1.37. The summed E-state index contributed by atoms with van der Waals surface area (Å²) < 4.78 is 0. The number of hydrogen-bond donors (Lipinski definition) is 1. The third-order valence-electron chi connectivity index (χ3n) is 1.17. The third-order valence-corrected chi connectivity index (χ3v) is 1.17. The summed E-state index contributed by atoms with van der Waals surface area (Å²) in [4.78, 5) is 12.0. The first-order valence-electron chi connectivity index (χ1n) is 2.66. The molecule has 3 heteroatoms. The van der Waals surface area contributed by atoms with Crippen LogP contribution in [0.5, 0.6) is 0 Å². The molecule has 0 aromatic rings. The summed E-state index contributed by atoms with van der Waals surface area (Å²) in [6.07, 6.45) is 1.01. The first kappa shape index (κ1) is 5.41. The van der Waals surface area contributed by atoms with Gasteiger partial charge in [-0.3, -0.25) is 0 Å². The van der Waals surface area contributed by atoms with Crippen LogP contribution in [-0.2, 0) is 0 Å². The Morgan fingerprint density at radius 1 is 1.75 bits per heavy atom. The van der Waals surface area contributed by atoms with Gasteiger partial charge in [0.25, 0.3) is 0 Å². The quantitative estimate of drug-likeness (QED) is 0.478. The highest BCUT2D eigenvalue weighted by Crippen LogP contribution is 1.94. The van der Waals surface area contributed by atoms with Crippen LogP contribution in [0.15, 0.2) is 0 Å². The summed E-state index contributed by atoms with van der Waals surface area (Å²) in [7, 11) is 3.50. The van der Waals surface area contributed by atoms with Crippen molar-refractivity contribution in [1.29, 1.82) is 0 Å². The maximum atomic E-state index is 10.5. The average Bonchev–Trinajstić information content (AvgIpc) is 1.77. The highest BCUT2D eigenvalue weighted by Gasteiger charge is 2.11. The van der Waals surface area contributed by atoms with Crippen LogP contribution in [0.1, 0.15) is 6.42 Å². The minimum Gasteiger partial charge on any atom is -0.338 e. The van der Waals surface area contributed by atoms with Crippen molar-refractivity contribution in [2.75, 3.05) is 13.1 Å². The highest BCUT2D eigenvalue weighted by atomic mass is 16.2. The predicted molar refractivity (Wildman–Crippen MR) is 30.1 cm³/mol. The van der Waals surface area contributed by atoms with E-state index in [2.05, 4.69) is 12.4 Å². The second kappa shape index (κ2) is 2.03. The summed E-state index contributed by atoms with van der Waals surface area (Å²) in [5.74, 6) is 0. The maximum Gasteiger partial charge on any atom is 0.317 e. The molecular formula is C5H9N2O. The van der Waals surface area contributed by atoms with E-state index in [1.54, 1.807) is 0 Å². The number of carbonyl (C=O) groups excluding carboxylic acids is 1. The normalized spacial score (nSPS) is 20.6. The molecule has 1 heterocycles. The Hall–Kier alpha value is -0.730. The van der Waals surface area contributed by atoms with Crippen molar-refractivity contribution in [3.63, 3.8) is 0 Å². The Bertz CT molecular complexity index is 103. The van der Waals surface area contributed by atoms with E-state index in [4.69, 9.17) is 0 Å². The molecule has 0 spiro atoms. The fraction of sp³-hybridized carbons (Fsp3) is 0.600. The second-order valence-corrected chi connectivity index (χ2v) is 1.85. The van der Waals surface area contributed by atoms with Gasteiger partial charge in [-0.2, -0.15) is 0 Å². The van der Waals surface area contributed by atoms with Crippen LogP contribution in [0.4, 0.5) is 4.79 Å². The maximum absolute atomic E-state index is 10.5. The van der Waals surface area contributed by atoms with Gasteiger partial charge in [0.15, 0.2) is 0 Å². The number of rotatable bonds is 0. The van der Waals surface area contributed by atoms with Gasteiger partial charge in [-0.15, -0.1) is 0 Å². The molecule has 0 atom stereocenters. The molecule has 2 amide bonds. The minimum absolute atomic E-state index is 0.0590. The van der Waals surface area contributed by atoms with Crippen molar-refractivity contribution in [3.8, 4) is 0 Å². The lowest BCUT2D eigenvalue weighted by Gasteiger charge is -2.22. The van der Waals surface area contributed by atoms with Crippen LogP contribution < -0.4 is 5.32 Å². The largest absolute Gasteiger partial charge is 0.338 e. The molecular weight excluding hydrogens is 104 g/mol. The molecule has 1 fully saturated rings. The average molecular weight is 113 g/mol. The SMILES string of the molecule is [CH2]N1CCCNC1=O. The number of hydrogen-bond acceptors (Lipinski definition) is 1. The molecule has 0 aromatic heterocycles. The van der Waals surface area contributed by atoms with Crippen LogP contribution in [0.3, 0.4) is 0 Å². The van der Waals surface area contributed by atoms with Crippen molar-refractivity contribution in [1.82, 2.24) is 10.2 Å². The van der Waals surface area contributed by atoms with E-state index in [1.165, 1.54) is 4.90 Å². The van der Waals surface area contributed by atoms with Crippen LogP contribution in [0.25, 0.3) is 0 Å². The molecule has 1 aliphatic heterocycles. The number of carbonyl (C=O) groups is 1. The van der Waals surface area contributed by atoms with Crippen molar-refractivity contribution in [3.05, 3.63) is 7.05 Å². The fourth-order valence-corrected chi connectivity index (χ4v) is 0.679. The Morgan fingerprint density at radius 3 is 2.88 bits per heavy atom. The summed E-state index contributed by atoms with van der Waals surface area (Å²) in [5.41, 5.74) is 0. The van der Waals surface area contributed by atoms with Gasteiger partial charge >= 0.3 is 6.03 Å². The third kappa shape index (κ3) is 0.911. The first-order chi connectivity index (χ1) is 3.80. The lowest BCUT2D eigenvalue weighted by molar-refractivity contribution is 0.205. The lowest BCUT2D eigenvalue weighted by atomic mass is 10.3. The second-order valence-electron chi connectivity index (χ2n) is 1.85. The highest BCUT2D eigenvalue weighted by molar-refractivity contribution is 5.74. The topological polar surface area (TPSA) is 32.3 Å². The van der Waals surface area contributed by atoms with Gasteiger partial charge in [0.1, 0.15) is 0 Å². The Labute approximate surface area is 48.7 Å². The first-order valence-corrected chi connectivity index (χ1v) is 2.66. The van der Waals surface area contributed by atoms with E-state index >= 15 is 0 Å². The minimum atomic E-state index is -0.0590. The molecule has 1 radical (unpaired) electrons. The van der Waals surface area contributed by atoms with Crippen molar-refractivity contribution < 1.29 is 4.79 Å². The summed E-state index contributed by atoms with van der Waals surface area (Å²) in [5, 5.41) is 2.66. The van der Waals surface area contributed by atoms with Gasteiger partial charge in [0, 0.05) is 20.1 Å². The number of urea groups is 1. The smallest absolute Gasteiger partial charge is 0.317 e. The van der Waals surface area contributed by atoms with Gasteiger partial charge in [-0.25, -0.2) is 4.79 Å². The van der Waals surface area contributed by atoms with Crippen molar-refractivity contribution in [2.24, 2.45) is 0 Å². The summed E-state index contributed by atoms with van der Waals surface area (Å²) >= 11 is 0. The molecule has 8 heavy (non-hydrogen) atoms. The van der Waals surface area contributed by atoms with E-state index in [9.17, 15) is 4.79 Å². The molecule has 1 saturated heterocycles. The molecule has 0 saturated carbocycles. The van der Waals surface area contributed by atoms with Gasteiger partial charge < -0.3 is 10.2 Å². The van der Waals surface area contributed by atoms with E-state index in [0.717, 1.165) is 19.5 Å². The van der Waals surface area contributed by atoms with Gasteiger partial charge in [-0.05, 0) is 6.42 Å². The van der Waals surface area contributed by atoms with E-state index in [-0.39, 0.29) is 6.03 Å². The van der Waals surface area contributed by atoms with Gasteiger partial charge in [0.05, 0.1) is 0 Å². The lowest BCUT2D eigenvalue weighted by Crippen LogP contribution is -2.42. The van der Waals surface area contributed by atoms with Gasteiger partial charge in [0.2, 0.25) is 0 Å². The van der Waals surface area contributed by atoms with E-state index in [1.807, 2.05) is 0 Å². The predicted octanol–water partition coefficient (Wildman–Crippen LogP) is 0.193. The van der Waals surface area contributed by atoms with E-state index < -0.39 is 0 Å². The number of nitrogens with zero attached hydrogens (tertiary/aromatic N) is 1. The van der Waals surface area contributed by atoms with Crippen LogP contribution in [0.2, 0.25) is 0 Å². The Morgan fingerprint density at radius 2 is 2.50 bits per heavy atom. The molecule has 1 N–H and O–H groups in total. The molecule has 45 valence electrons. The number of nitrogens with one attached hydrogen (secondary N) is 1. The van der Waals surface area contributed by atoms with Crippen LogP contribution in [-0.4, -0.2) is 24.0 Å². The van der Waals surface area contributed by atoms with E-state index in [0.29, 0.717) is 0 Å². The summed E-state index contributed by atoms with van der Waals surface area (Å²) in [6, 6.07) is -0.0590. The van der Waals surface area contributed by atoms with Crippen molar-refractivity contribution in [2.45, 2.75) is 6.42 Å². The zero-order valence-electron chi connectivity index (χ0n) is 4.68. The standard InChI is InChI=1S/C5H9N2O/c1-7-4-2-3-6-5(7)8/h1-4H2,(H,6,8). The fourth-order valence-electron chi connectivity index (χ4n) is 0.679. The Balaban J connectivity index is 2.39. The van der Waals surface area contributed by atoms with Gasteiger partial charge in [-0.1, -0.05) is 0 Å². The molecule has 1 rings (SSSR count). The molecule has 0 bridgehead atoms. The molecule has 0 unspecified atom stereocenters. The number of amides is 2. The van der Waals surface area contributed by atoms with Crippen LogP contribution in [0, 0.1) is 7.05 Å². The zero-order valence-corrected chi connectivity index (χ0v) is 4.68. The molecule has 0 aliphatic carbocycles. The molecule has 3 nitrogen and oxygen atoms in total. The van der Waals surface area contributed by atoms with Crippen LogP contribution >= 0.6 is 0 Å².